The van der Waals surface area contributed by atoms with Crippen LogP contribution in [0.15, 0.2) is 48.7 Å². The molecule has 4 heteroatoms. The summed E-state index contributed by atoms with van der Waals surface area (Å²) in [6.07, 6.45) is 4.04. The number of nitriles is 1. The van der Waals surface area contributed by atoms with Crippen molar-refractivity contribution in [3.63, 3.8) is 0 Å². The Morgan fingerprint density at radius 1 is 1.22 bits per heavy atom. The Labute approximate surface area is 135 Å². The molecule has 2 aromatic heterocycles. The van der Waals surface area contributed by atoms with Gasteiger partial charge in [0.15, 0.2) is 0 Å². The van der Waals surface area contributed by atoms with Gasteiger partial charge in [0.05, 0.1) is 5.56 Å². The third-order valence-electron chi connectivity index (χ3n) is 4.62. The predicted octanol–water partition coefficient (Wildman–Crippen LogP) is 3.82. The fourth-order valence-electron chi connectivity index (χ4n) is 3.48. The lowest BCUT2D eigenvalue weighted by Crippen LogP contribution is -2.35. The molecule has 1 saturated heterocycles. The highest BCUT2D eigenvalue weighted by Crippen LogP contribution is 2.31. The van der Waals surface area contributed by atoms with Crippen molar-refractivity contribution in [2.45, 2.75) is 18.8 Å². The lowest BCUT2D eigenvalue weighted by molar-refractivity contribution is 0.500. The van der Waals surface area contributed by atoms with Crippen molar-refractivity contribution in [3.8, 4) is 6.07 Å². The van der Waals surface area contributed by atoms with Crippen LogP contribution in [0.25, 0.3) is 10.9 Å². The monoisotopic (exact) mass is 302 g/mol. The second-order valence-electron chi connectivity index (χ2n) is 6.08. The topological polar surface area (TPSA) is 55.7 Å². The first-order chi connectivity index (χ1) is 11.3. The molecule has 4 nitrogen and oxygen atoms in total. The number of rotatable bonds is 2. The van der Waals surface area contributed by atoms with Crippen LogP contribution < -0.4 is 4.90 Å². The number of fused-ring (bicyclic) bond motifs is 1. The largest absolute Gasteiger partial charge is 0.358 e. The van der Waals surface area contributed by atoms with Crippen LogP contribution in [0.5, 0.6) is 0 Å². The number of nitrogens with one attached hydrogen (secondary N) is 1. The van der Waals surface area contributed by atoms with E-state index >= 15 is 0 Å². The van der Waals surface area contributed by atoms with E-state index in [0.717, 1.165) is 31.7 Å². The molecule has 1 fully saturated rings. The van der Waals surface area contributed by atoms with Crippen LogP contribution in [0.3, 0.4) is 0 Å². The summed E-state index contributed by atoms with van der Waals surface area (Å²) in [6.45, 7) is 1.86. The molecule has 114 valence electrons. The molecule has 1 aliphatic heterocycles. The third-order valence-corrected chi connectivity index (χ3v) is 4.62. The SMILES string of the molecule is N#Cc1cccnc1N1CCC[C@@H](c2cc3ccccc3[nH]2)C1. The fraction of sp³-hybridized carbons (Fsp3) is 0.263. The molecule has 0 radical (unpaired) electrons. The molecule has 23 heavy (non-hydrogen) atoms. The number of hydrogen-bond acceptors (Lipinski definition) is 3. The first-order valence-corrected chi connectivity index (χ1v) is 8.03. The number of hydrogen-bond donors (Lipinski definition) is 1. The Morgan fingerprint density at radius 2 is 2.13 bits per heavy atom. The standard InChI is InChI=1S/C19H18N4/c20-12-15-6-3-9-21-19(15)23-10-4-7-16(13-23)18-11-14-5-1-2-8-17(14)22-18/h1-3,5-6,8-9,11,16,22H,4,7,10,13H2/t16-/m1/s1. The summed E-state index contributed by atoms with van der Waals surface area (Å²) >= 11 is 0. The quantitative estimate of drug-likeness (QED) is 0.783. The van der Waals surface area contributed by atoms with Crippen molar-refractivity contribution in [1.82, 2.24) is 9.97 Å². The van der Waals surface area contributed by atoms with E-state index in [1.54, 1.807) is 6.20 Å². The smallest absolute Gasteiger partial charge is 0.146 e. The van der Waals surface area contributed by atoms with E-state index in [1.165, 1.54) is 16.6 Å². The lowest BCUT2D eigenvalue weighted by Gasteiger charge is -2.33. The zero-order valence-corrected chi connectivity index (χ0v) is 12.9. The summed E-state index contributed by atoms with van der Waals surface area (Å²) < 4.78 is 0. The van der Waals surface area contributed by atoms with E-state index in [0.29, 0.717) is 11.5 Å². The Kier molecular flexibility index (Phi) is 3.47. The lowest BCUT2D eigenvalue weighted by atomic mass is 9.94. The summed E-state index contributed by atoms with van der Waals surface area (Å²) in [5.41, 5.74) is 3.13. The summed E-state index contributed by atoms with van der Waals surface area (Å²) in [5, 5.41) is 10.6. The van der Waals surface area contributed by atoms with Crippen molar-refractivity contribution in [1.29, 1.82) is 5.26 Å². The molecule has 0 bridgehead atoms. The number of anilines is 1. The van der Waals surface area contributed by atoms with Gasteiger partial charge in [-0.2, -0.15) is 5.26 Å². The number of nitrogens with zero attached hydrogens (tertiary/aromatic N) is 3. The van der Waals surface area contributed by atoms with E-state index in [1.807, 2.05) is 12.1 Å². The Balaban J connectivity index is 1.63. The maximum absolute atomic E-state index is 9.30. The molecular formula is C19H18N4. The maximum atomic E-state index is 9.30. The van der Waals surface area contributed by atoms with Gasteiger partial charge in [0.25, 0.3) is 0 Å². The molecule has 0 unspecified atom stereocenters. The van der Waals surface area contributed by atoms with Gasteiger partial charge in [-0.25, -0.2) is 4.98 Å². The first kappa shape index (κ1) is 13.8. The van der Waals surface area contributed by atoms with Crippen LogP contribution in [0.4, 0.5) is 5.82 Å². The van der Waals surface area contributed by atoms with E-state index < -0.39 is 0 Å². The highest BCUT2D eigenvalue weighted by Gasteiger charge is 2.24. The van der Waals surface area contributed by atoms with Crippen LogP contribution in [-0.2, 0) is 0 Å². The molecule has 3 aromatic rings. The van der Waals surface area contributed by atoms with Crippen LogP contribution in [-0.4, -0.2) is 23.1 Å². The second kappa shape index (κ2) is 5.77. The van der Waals surface area contributed by atoms with Crippen LogP contribution >= 0.6 is 0 Å². The van der Waals surface area contributed by atoms with Gasteiger partial charge in [0.2, 0.25) is 0 Å². The predicted molar refractivity (Wildman–Crippen MR) is 91.4 cm³/mol. The summed E-state index contributed by atoms with van der Waals surface area (Å²) in [4.78, 5) is 10.2. The molecule has 0 saturated carbocycles. The van der Waals surface area contributed by atoms with E-state index in [4.69, 9.17) is 0 Å². The summed E-state index contributed by atoms with van der Waals surface area (Å²) in [7, 11) is 0. The minimum atomic E-state index is 0.449. The van der Waals surface area contributed by atoms with Crippen molar-refractivity contribution in [2.75, 3.05) is 18.0 Å². The Bertz CT molecular complexity index is 841. The van der Waals surface area contributed by atoms with Gasteiger partial charge in [-0.1, -0.05) is 18.2 Å². The Hall–Kier alpha value is -2.80. The van der Waals surface area contributed by atoms with E-state index in [-0.39, 0.29) is 0 Å². The molecule has 1 aromatic carbocycles. The van der Waals surface area contributed by atoms with Crippen LogP contribution in [0, 0.1) is 11.3 Å². The van der Waals surface area contributed by atoms with Crippen molar-refractivity contribution in [3.05, 3.63) is 59.9 Å². The Morgan fingerprint density at radius 3 is 3.00 bits per heavy atom. The van der Waals surface area contributed by atoms with Gasteiger partial charge < -0.3 is 9.88 Å². The third kappa shape index (κ3) is 2.55. The number of benzene rings is 1. The molecule has 0 spiro atoms. The van der Waals surface area contributed by atoms with Crippen LogP contribution in [0.2, 0.25) is 0 Å². The molecule has 0 amide bonds. The van der Waals surface area contributed by atoms with Crippen molar-refractivity contribution < 1.29 is 0 Å². The molecule has 1 N–H and O–H groups in total. The van der Waals surface area contributed by atoms with Crippen molar-refractivity contribution >= 4 is 16.7 Å². The average molecular weight is 302 g/mol. The van der Waals surface area contributed by atoms with Crippen molar-refractivity contribution in [2.24, 2.45) is 0 Å². The average Bonchev–Trinajstić information content (AvgIpc) is 3.06. The first-order valence-electron chi connectivity index (χ1n) is 8.03. The van der Waals surface area contributed by atoms with Crippen LogP contribution in [0.1, 0.15) is 30.0 Å². The highest BCUT2D eigenvalue weighted by molar-refractivity contribution is 5.80. The zero-order chi connectivity index (χ0) is 15.6. The molecular weight excluding hydrogens is 284 g/mol. The minimum Gasteiger partial charge on any atom is -0.358 e. The molecule has 3 heterocycles. The molecule has 0 aliphatic carbocycles. The van der Waals surface area contributed by atoms with Gasteiger partial charge in [-0.05, 0) is 42.5 Å². The highest BCUT2D eigenvalue weighted by atomic mass is 15.2. The van der Waals surface area contributed by atoms with Gasteiger partial charge in [0, 0.05) is 36.4 Å². The number of pyridine rings is 1. The van der Waals surface area contributed by atoms with Gasteiger partial charge in [-0.3, -0.25) is 0 Å². The minimum absolute atomic E-state index is 0.449. The molecule has 1 aliphatic rings. The van der Waals surface area contributed by atoms with Gasteiger partial charge >= 0.3 is 0 Å². The van der Waals surface area contributed by atoms with E-state index in [9.17, 15) is 5.26 Å². The second-order valence-corrected chi connectivity index (χ2v) is 6.08. The number of piperidine rings is 1. The number of aromatic nitrogens is 2. The van der Waals surface area contributed by atoms with Gasteiger partial charge in [-0.15, -0.1) is 0 Å². The summed E-state index contributed by atoms with van der Waals surface area (Å²) in [6, 6.07) is 16.6. The number of para-hydroxylation sites is 1. The zero-order valence-electron chi connectivity index (χ0n) is 12.9. The van der Waals surface area contributed by atoms with Gasteiger partial charge in [0.1, 0.15) is 11.9 Å². The number of aromatic amines is 1. The maximum Gasteiger partial charge on any atom is 0.146 e. The van der Waals surface area contributed by atoms with E-state index in [2.05, 4.69) is 51.3 Å². The summed E-state index contributed by atoms with van der Waals surface area (Å²) in [5.74, 6) is 1.26. The molecule has 1 atom stereocenters. The molecule has 4 rings (SSSR count). The normalized spacial score (nSPS) is 18.0. The number of H-pyrrole nitrogens is 1. The fourth-order valence-corrected chi connectivity index (χ4v) is 3.48.